The molecule has 7 heteroatoms. The topological polar surface area (TPSA) is 40.6 Å². The second-order valence-electron chi connectivity index (χ2n) is 4.54. The molecular weight excluding hydrogens is 273 g/mol. The van der Waals surface area contributed by atoms with Crippen molar-refractivity contribution in [3.63, 3.8) is 0 Å². The number of nitrogens with zero attached hydrogens (tertiary/aromatic N) is 2. The van der Waals surface area contributed by atoms with E-state index in [1.54, 1.807) is 6.92 Å². The number of rotatable bonds is 2. The highest BCUT2D eigenvalue weighted by atomic mass is 19.4. The van der Waals surface area contributed by atoms with E-state index in [0.29, 0.717) is 6.42 Å². The van der Waals surface area contributed by atoms with Crippen LogP contribution < -0.4 is 4.90 Å². The molecule has 20 heavy (non-hydrogen) atoms. The minimum atomic E-state index is -4.44. The molecule has 1 aromatic carbocycles. The van der Waals surface area contributed by atoms with Crippen LogP contribution >= 0.6 is 0 Å². The lowest BCUT2D eigenvalue weighted by Crippen LogP contribution is -2.31. The second-order valence-corrected chi connectivity index (χ2v) is 4.54. The number of carbonyl (C=O) groups is 2. The van der Waals surface area contributed by atoms with Crippen molar-refractivity contribution in [2.24, 2.45) is 0 Å². The fourth-order valence-electron chi connectivity index (χ4n) is 2.19. The Kier molecular flexibility index (Phi) is 3.45. The van der Waals surface area contributed by atoms with Crippen molar-refractivity contribution in [3.05, 3.63) is 29.8 Å². The lowest BCUT2D eigenvalue weighted by molar-refractivity contribution is -0.137. The zero-order valence-electron chi connectivity index (χ0n) is 10.9. The maximum Gasteiger partial charge on any atom is 0.416 e. The van der Waals surface area contributed by atoms with Gasteiger partial charge in [-0.15, -0.1) is 0 Å². The van der Waals surface area contributed by atoms with Crippen LogP contribution in [0, 0.1) is 0 Å². The van der Waals surface area contributed by atoms with Crippen LogP contribution in [0.15, 0.2) is 24.3 Å². The van der Waals surface area contributed by atoms with E-state index in [0.717, 1.165) is 29.2 Å². The maximum absolute atomic E-state index is 12.5. The smallest absolute Gasteiger partial charge is 0.315 e. The van der Waals surface area contributed by atoms with Crippen LogP contribution in [-0.2, 0) is 11.0 Å². The summed E-state index contributed by atoms with van der Waals surface area (Å²) in [5.41, 5.74) is -0.670. The van der Waals surface area contributed by atoms with Crippen LogP contribution in [0.4, 0.5) is 23.7 Å². The Labute approximate surface area is 113 Å². The molecule has 1 unspecified atom stereocenters. The number of hydrogen-bond acceptors (Lipinski definition) is 2. The van der Waals surface area contributed by atoms with Gasteiger partial charge in [-0.25, -0.2) is 9.69 Å². The first kappa shape index (κ1) is 14.4. The van der Waals surface area contributed by atoms with Crippen LogP contribution in [0.5, 0.6) is 0 Å². The molecule has 108 valence electrons. The van der Waals surface area contributed by atoms with Crippen molar-refractivity contribution in [1.29, 1.82) is 0 Å². The molecule has 4 nitrogen and oxygen atoms in total. The monoisotopic (exact) mass is 286 g/mol. The van der Waals surface area contributed by atoms with Gasteiger partial charge in [0.15, 0.2) is 0 Å². The quantitative estimate of drug-likeness (QED) is 0.784. The molecule has 1 aliphatic heterocycles. The van der Waals surface area contributed by atoms with Crippen LogP contribution in [0.25, 0.3) is 0 Å². The summed E-state index contributed by atoms with van der Waals surface area (Å²) >= 11 is 0. The zero-order chi connectivity index (χ0) is 15.1. The number of likely N-dealkylation sites (N-methyl/N-ethyl adjacent to an activating group) is 1. The number of urea groups is 1. The van der Waals surface area contributed by atoms with Crippen molar-refractivity contribution in [1.82, 2.24) is 4.90 Å². The largest absolute Gasteiger partial charge is 0.416 e. The summed E-state index contributed by atoms with van der Waals surface area (Å²) in [6.45, 7) is 1.77. The van der Waals surface area contributed by atoms with Gasteiger partial charge >= 0.3 is 12.2 Å². The molecule has 0 saturated carbocycles. The number of hydrogen-bond donors (Lipinski definition) is 0. The first-order chi connectivity index (χ1) is 9.27. The summed E-state index contributed by atoms with van der Waals surface area (Å²) < 4.78 is 37.4. The molecule has 3 amide bonds. The van der Waals surface area contributed by atoms with E-state index in [1.807, 2.05) is 0 Å². The average molecular weight is 286 g/mol. The fourth-order valence-corrected chi connectivity index (χ4v) is 2.19. The fraction of sp³-hybridized carbons (Fsp3) is 0.385. The number of imide groups is 1. The Morgan fingerprint density at radius 3 is 2.10 bits per heavy atom. The van der Waals surface area contributed by atoms with Gasteiger partial charge in [0, 0.05) is 7.05 Å². The number of anilines is 1. The minimum absolute atomic E-state index is 0.149. The lowest BCUT2D eigenvalue weighted by Gasteiger charge is -2.15. The Morgan fingerprint density at radius 2 is 1.70 bits per heavy atom. The summed E-state index contributed by atoms with van der Waals surface area (Å²) in [6, 6.07) is 2.88. The van der Waals surface area contributed by atoms with Gasteiger partial charge in [0.2, 0.25) is 0 Å². The van der Waals surface area contributed by atoms with Gasteiger partial charge in [-0.05, 0) is 30.7 Å². The van der Waals surface area contributed by atoms with E-state index in [-0.39, 0.29) is 5.69 Å². The average Bonchev–Trinajstić information content (AvgIpc) is 2.59. The predicted octanol–water partition coefficient (Wildman–Crippen LogP) is 2.88. The molecule has 0 bridgehead atoms. The van der Waals surface area contributed by atoms with E-state index >= 15 is 0 Å². The standard InChI is InChI=1S/C13H13F3N2O2/c1-3-10-11(19)18(12(20)17(10)2)9-6-4-8(5-7-9)13(14,15)16/h4-7,10H,3H2,1-2H3. The highest BCUT2D eigenvalue weighted by Crippen LogP contribution is 2.32. The van der Waals surface area contributed by atoms with Gasteiger partial charge in [0.05, 0.1) is 11.3 Å². The van der Waals surface area contributed by atoms with E-state index in [2.05, 4.69) is 0 Å². The summed E-state index contributed by atoms with van der Waals surface area (Å²) in [5, 5.41) is 0. The molecule has 1 aliphatic rings. The van der Waals surface area contributed by atoms with Crippen molar-refractivity contribution in [2.75, 3.05) is 11.9 Å². The van der Waals surface area contributed by atoms with Gasteiger partial charge < -0.3 is 4.90 Å². The molecule has 1 saturated heterocycles. The van der Waals surface area contributed by atoms with E-state index < -0.39 is 29.7 Å². The van der Waals surface area contributed by atoms with Gasteiger partial charge in [0.25, 0.3) is 5.91 Å². The van der Waals surface area contributed by atoms with Gasteiger partial charge in [-0.3, -0.25) is 4.79 Å². The third kappa shape index (κ3) is 2.23. The number of halogens is 3. The van der Waals surface area contributed by atoms with Gasteiger partial charge in [-0.2, -0.15) is 13.2 Å². The van der Waals surface area contributed by atoms with Crippen molar-refractivity contribution >= 4 is 17.6 Å². The van der Waals surface area contributed by atoms with Crippen LogP contribution in [0.3, 0.4) is 0 Å². The Bertz CT molecular complexity index is 540. The minimum Gasteiger partial charge on any atom is -0.315 e. The third-order valence-electron chi connectivity index (χ3n) is 3.31. The third-order valence-corrected chi connectivity index (χ3v) is 3.31. The van der Waals surface area contributed by atoms with E-state index in [1.165, 1.54) is 11.9 Å². The molecule has 0 aliphatic carbocycles. The summed E-state index contributed by atoms with van der Waals surface area (Å²) in [7, 11) is 1.50. The summed E-state index contributed by atoms with van der Waals surface area (Å²) in [6.07, 6.45) is -3.99. The van der Waals surface area contributed by atoms with Crippen molar-refractivity contribution in [2.45, 2.75) is 25.6 Å². The molecule has 1 atom stereocenters. The lowest BCUT2D eigenvalue weighted by atomic mass is 10.1. The summed E-state index contributed by atoms with van der Waals surface area (Å²) in [5.74, 6) is -0.417. The Balaban J connectivity index is 2.33. The molecular formula is C13H13F3N2O2. The molecule has 0 N–H and O–H groups in total. The van der Waals surface area contributed by atoms with Crippen molar-refractivity contribution in [3.8, 4) is 0 Å². The van der Waals surface area contributed by atoms with E-state index in [4.69, 9.17) is 0 Å². The predicted molar refractivity (Wildman–Crippen MR) is 66.2 cm³/mol. The molecule has 2 rings (SSSR count). The van der Waals surface area contributed by atoms with Gasteiger partial charge in [0.1, 0.15) is 6.04 Å². The highest BCUT2D eigenvalue weighted by molar-refractivity contribution is 6.21. The highest BCUT2D eigenvalue weighted by Gasteiger charge is 2.43. The van der Waals surface area contributed by atoms with Crippen LogP contribution in [0.2, 0.25) is 0 Å². The molecule has 0 aromatic heterocycles. The molecule has 0 radical (unpaired) electrons. The van der Waals surface area contributed by atoms with Crippen LogP contribution in [-0.4, -0.2) is 29.9 Å². The SMILES string of the molecule is CCC1C(=O)N(c2ccc(C(F)(F)F)cc2)C(=O)N1C. The maximum atomic E-state index is 12.5. The molecule has 0 spiro atoms. The number of carbonyl (C=O) groups excluding carboxylic acids is 2. The number of benzene rings is 1. The van der Waals surface area contributed by atoms with Gasteiger partial charge in [-0.1, -0.05) is 6.92 Å². The Morgan fingerprint density at radius 1 is 1.15 bits per heavy atom. The Hall–Kier alpha value is -2.05. The molecule has 1 aromatic rings. The molecule has 1 heterocycles. The first-order valence-electron chi connectivity index (χ1n) is 6.05. The normalized spacial score (nSPS) is 19.9. The number of alkyl halides is 3. The van der Waals surface area contributed by atoms with Crippen LogP contribution in [0.1, 0.15) is 18.9 Å². The number of amides is 3. The van der Waals surface area contributed by atoms with E-state index in [9.17, 15) is 22.8 Å². The second kappa shape index (κ2) is 4.81. The van der Waals surface area contributed by atoms with Crippen molar-refractivity contribution < 1.29 is 22.8 Å². The first-order valence-corrected chi connectivity index (χ1v) is 6.05. The summed E-state index contributed by atoms with van der Waals surface area (Å²) in [4.78, 5) is 26.3. The zero-order valence-corrected chi connectivity index (χ0v) is 10.9. The molecule has 1 fully saturated rings.